The Morgan fingerprint density at radius 3 is 2.42 bits per heavy atom. The predicted octanol–water partition coefficient (Wildman–Crippen LogP) is 3.65. The van der Waals surface area contributed by atoms with E-state index in [-0.39, 0.29) is 10.9 Å². The first-order valence-corrected chi connectivity index (χ1v) is 9.94. The van der Waals surface area contributed by atoms with Crippen molar-refractivity contribution >= 4 is 26.0 Å². The van der Waals surface area contributed by atoms with Crippen LogP contribution < -0.4 is 14.2 Å². The van der Waals surface area contributed by atoms with Crippen molar-refractivity contribution < 1.29 is 17.9 Å². The van der Waals surface area contributed by atoms with Gasteiger partial charge in [0.1, 0.15) is 13.2 Å². The Balaban J connectivity index is 1.85. The molecule has 0 spiro atoms. The summed E-state index contributed by atoms with van der Waals surface area (Å²) >= 11 is 3.39. The summed E-state index contributed by atoms with van der Waals surface area (Å²) in [4.78, 5) is 0.169. The van der Waals surface area contributed by atoms with Gasteiger partial charge in [0.15, 0.2) is 11.5 Å². The molecule has 1 atom stereocenters. The quantitative estimate of drug-likeness (QED) is 0.815. The number of hydrogen-bond donors (Lipinski definition) is 1. The van der Waals surface area contributed by atoms with Crippen LogP contribution in [0.2, 0.25) is 0 Å². The number of ether oxygens (including phenoxy) is 2. The molecule has 7 heteroatoms. The van der Waals surface area contributed by atoms with Crippen LogP contribution in [0, 0.1) is 0 Å². The van der Waals surface area contributed by atoms with Crippen LogP contribution in [0.15, 0.2) is 51.8 Å². The molecule has 0 radical (unpaired) electrons. The van der Waals surface area contributed by atoms with Crippen molar-refractivity contribution in [2.24, 2.45) is 0 Å². The van der Waals surface area contributed by atoms with E-state index in [0.29, 0.717) is 31.1 Å². The zero-order valence-electron chi connectivity index (χ0n) is 13.2. The SMILES string of the molecule is CC[C@H](NS(=O)(=O)c1ccc2c(c1)OCCO2)c1ccc(Br)cc1. The minimum Gasteiger partial charge on any atom is -0.486 e. The molecule has 0 amide bonds. The van der Waals surface area contributed by atoms with Crippen molar-refractivity contribution in [1.82, 2.24) is 4.72 Å². The standard InChI is InChI=1S/C17H18BrNO4S/c1-2-15(12-3-5-13(18)6-4-12)19-24(20,21)14-7-8-16-17(11-14)23-10-9-22-16/h3-8,11,15,19H,2,9-10H2,1H3/t15-/m0/s1. The second kappa shape index (κ2) is 7.13. The fraction of sp³-hybridized carbons (Fsp3) is 0.294. The maximum absolute atomic E-state index is 12.7. The lowest BCUT2D eigenvalue weighted by molar-refractivity contribution is 0.171. The van der Waals surface area contributed by atoms with Gasteiger partial charge in [-0.1, -0.05) is 35.0 Å². The molecule has 0 bridgehead atoms. The molecule has 1 N–H and O–H groups in total. The molecule has 3 rings (SSSR count). The summed E-state index contributed by atoms with van der Waals surface area (Å²) in [5.41, 5.74) is 0.918. The van der Waals surface area contributed by atoms with Gasteiger partial charge in [0, 0.05) is 16.6 Å². The highest BCUT2D eigenvalue weighted by atomic mass is 79.9. The minimum absolute atomic E-state index is 0.169. The molecule has 0 aliphatic carbocycles. The van der Waals surface area contributed by atoms with Gasteiger partial charge in [-0.3, -0.25) is 0 Å². The van der Waals surface area contributed by atoms with Crippen LogP contribution in [0.25, 0.3) is 0 Å². The molecule has 2 aromatic carbocycles. The average Bonchev–Trinajstić information content (AvgIpc) is 2.60. The third kappa shape index (κ3) is 3.74. The van der Waals surface area contributed by atoms with Gasteiger partial charge in [0.25, 0.3) is 0 Å². The third-order valence-electron chi connectivity index (χ3n) is 3.80. The van der Waals surface area contributed by atoms with Gasteiger partial charge < -0.3 is 9.47 Å². The highest BCUT2D eigenvalue weighted by molar-refractivity contribution is 9.10. The topological polar surface area (TPSA) is 64.6 Å². The number of hydrogen-bond acceptors (Lipinski definition) is 4. The Labute approximate surface area is 150 Å². The summed E-state index contributed by atoms with van der Waals surface area (Å²) in [6.07, 6.45) is 0.644. The fourth-order valence-electron chi connectivity index (χ4n) is 2.53. The monoisotopic (exact) mass is 411 g/mol. The van der Waals surface area contributed by atoms with Gasteiger partial charge >= 0.3 is 0 Å². The summed E-state index contributed by atoms with van der Waals surface area (Å²) in [5, 5.41) is 0. The van der Waals surface area contributed by atoms with E-state index in [9.17, 15) is 8.42 Å². The van der Waals surface area contributed by atoms with Gasteiger partial charge in [-0.2, -0.15) is 0 Å². The first-order valence-electron chi connectivity index (χ1n) is 7.67. The Bertz CT molecular complexity index is 821. The second-order valence-electron chi connectivity index (χ2n) is 5.44. The summed E-state index contributed by atoms with van der Waals surface area (Å²) in [5.74, 6) is 1.03. The van der Waals surface area contributed by atoms with Crippen molar-refractivity contribution in [2.45, 2.75) is 24.3 Å². The number of benzene rings is 2. The van der Waals surface area contributed by atoms with E-state index < -0.39 is 10.0 Å². The molecular weight excluding hydrogens is 394 g/mol. The van der Waals surface area contributed by atoms with Gasteiger partial charge in [0.2, 0.25) is 10.0 Å². The van der Waals surface area contributed by atoms with Crippen LogP contribution in [-0.4, -0.2) is 21.6 Å². The van der Waals surface area contributed by atoms with Gasteiger partial charge in [-0.15, -0.1) is 0 Å². The first kappa shape index (κ1) is 17.3. The molecule has 5 nitrogen and oxygen atoms in total. The molecule has 0 saturated carbocycles. The number of sulfonamides is 1. The second-order valence-corrected chi connectivity index (χ2v) is 8.07. The number of rotatable bonds is 5. The third-order valence-corrected chi connectivity index (χ3v) is 5.80. The van der Waals surface area contributed by atoms with Crippen LogP contribution >= 0.6 is 15.9 Å². The Kier molecular flexibility index (Phi) is 5.12. The number of nitrogens with one attached hydrogen (secondary N) is 1. The van der Waals surface area contributed by atoms with Crippen molar-refractivity contribution in [1.29, 1.82) is 0 Å². The summed E-state index contributed by atoms with van der Waals surface area (Å²) < 4.78 is 40.0. The molecule has 1 heterocycles. The van der Waals surface area contributed by atoms with Crippen LogP contribution in [0.1, 0.15) is 24.9 Å². The van der Waals surface area contributed by atoms with Crippen LogP contribution in [0.3, 0.4) is 0 Å². The van der Waals surface area contributed by atoms with Gasteiger partial charge in [0.05, 0.1) is 4.90 Å². The van der Waals surface area contributed by atoms with Gasteiger partial charge in [-0.25, -0.2) is 13.1 Å². The van der Waals surface area contributed by atoms with E-state index >= 15 is 0 Å². The van der Waals surface area contributed by atoms with E-state index in [1.54, 1.807) is 6.07 Å². The molecule has 0 saturated heterocycles. The van der Waals surface area contributed by atoms with E-state index in [0.717, 1.165) is 10.0 Å². The van der Waals surface area contributed by atoms with E-state index in [2.05, 4.69) is 20.7 Å². The van der Waals surface area contributed by atoms with Crippen LogP contribution in [0.4, 0.5) is 0 Å². The average molecular weight is 412 g/mol. The first-order chi connectivity index (χ1) is 11.5. The molecule has 0 unspecified atom stereocenters. The fourth-order valence-corrected chi connectivity index (χ4v) is 4.12. The normalized spacial score (nSPS) is 15.1. The lowest BCUT2D eigenvalue weighted by atomic mass is 10.1. The van der Waals surface area contributed by atoms with Crippen molar-refractivity contribution in [3.63, 3.8) is 0 Å². The highest BCUT2D eigenvalue weighted by Gasteiger charge is 2.23. The maximum atomic E-state index is 12.7. The summed E-state index contributed by atoms with van der Waals surface area (Å²) in [6.45, 7) is 2.83. The van der Waals surface area contributed by atoms with Gasteiger partial charge in [-0.05, 0) is 36.2 Å². The number of halogens is 1. The smallest absolute Gasteiger partial charge is 0.241 e. The van der Waals surface area contributed by atoms with Crippen molar-refractivity contribution in [2.75, 3.05) is 13.2 Å². The molecule has 1 aliphatic heterocycles. The lowest BCUT2D eigenvalue weighted by Gasteiger charge is -2.20. The summed E-state index contributed by atoms with van der Waals surface area (Å²) in [7, 11) is -3.66. The minimum atomic E-state index is -3.66. The molecule has 24 heavy (non-hydrogen) atoms. The van der Waals surface area contributed by atoms with E-state index in [1.807, 2.05) is 31.2 Å². The van der Waals surface area contributed by atoms with Crippen molar-refractivity contribution in [3.8, 4) is 11.5 Å². The molecular formula is C17H18BrNO4S. The van der Waals surface area contributed by atoms with E-state index in [4.69, 9.17) is 9.47 Å². The van der Waals surface area contributed by atoms with Crippen LogP contribution in [-0.2, 0) is 10.0 Å². The Morgan fingerprint density at radius 2 is 1.75 bits per heavy atom. The van der Waals surface area contributed by atoms with Crippen molar-refractivity contribution in [3.05, 3.63) is 52.5 Å². The lowest BCUT2D eigenvalue weighted by Crippen LogP contribution is -2.28. The molecule has 1 aliphatic rings. The molecule has 0 fully saturated rings. The Hall–Kier alpha value is -1.57. The zero-order valence-corrected chi connectivity index (χ0v) is 15.6. The summed E-state index contributed by atoms with van der Waals surface area (Å²) in [6, 6.07) is 12.0. The molecule has 2 aromatic rings. The van der Waals surface area contributed by atoms with E-state index in [1.165, 1.54) is 12.1 Å². The molecule has 128 valence electrons. The Morgan fingerprint density at radius 1 is 1.08 bits per heavy atom. The zero-order chi connectivity index (χ0) is 17.2. The maximum Gasteiger partial charge on any atom is 0.241 e. The molecule has 0 aromatic heterocycles. The number of fused-ring (bicyclic) bond motifs is 1. The van der Waals surface area contributed by atoms with Crippen LogP contribution in [0.5, 0.6) is 11.5 Å². The largest absolute Gasteiger partial charge is 0.486 e. The predicted molar refractivity (Wildman–Crippen MR) is 94.9 cm³/mol. The highest BCUT2D eigenvalue weighted by Crippen LogP contribution is 2.32.